The number of rotatable bonds is 8. The van der Waals surface area contributed by atoms with Gasteiger partial charge in [-0.05, 0) is 29.8 Å². The van der Waals surface area contributed by atoms with Gasteiger partial charge in [-0.15, -0.1) is 11.3 Å². The van der Waals surface area contributed by atoms with Gasteiger partial charge in [0.1, 0.15) is 15.7 Å². The van der Waals surface area contributed by atoms with Crippen LogP contribution >= 0.6 is 22.9 Å². The molecule has 0 radical (unpaired) electrons. The van der Waals surface area contributed by atoms with Gasteiger partial charge in [-0.25, -0.2) is 8.42 Å². The predicted molar refractivity (Wildman–Crippen MR) is 101 cm³/mol. The van der Waals surface area contributed by atoms with Crippen molar-refractivity contribution in [1.29, 1.82) is 0 Å². The molecule has 0 atom stereocenters. The molecule has 26 heavy (non-hydrogen) atoms. The smallest absolute Gasteiger partial charge is 0.252 e. The lowest BCUT2D eigenvalue weighted by molar-refractivity contribution is -0.121. The number of amides is 1. The molecule has 0 spiro atoms. The molecule has 1 amide bonds. The van der Waals surface area contributed by atoms with Gasteiger partial charge in [0.05, 0.1) is 25.1 Å². The summed E-state index contributed by atoms with van der Waals surface area (Å²) in [4.78, 5) is 12.1. The van der Waals surface area contributed by atoms with E-state index in [1.54, 1.807) is 18.2 Å². The first-order valence-corrected chi connectivity index (χ1v) is 10.1. The Bertz CT molecular complexity index is 860. The van der Waals surface area contributed by atoms with Gasteiger partial charge in [0.15, 0.2) is 0 Å². The number of benzene rings is 1. The molecule has 0 aliphatic carbocycles. The fraction of sp³-hybridized carbons (Fsp3) is 0.312. The first-order valence-electron chi connectivity index (χ1n) is 7.46. The largest absolute Gasteiger partial charge is 0.497 e. The molecule has 0 aliphatic rings. The number of methoxy groups -OCH3 is 2. The summed E-state index contributed by atoms with van der Waals surface area (Å²) in [6, 6.07) is 8.16. The number of likely N-dealkylation sites (N-methyl/N-ethyl adjacent to an activating group) is 1. The van der Waals surface area contributed by atoms with Crippen molar-refractivity contribution in [3.8, 4) is 11.5 Å². The molecule has 0 bridgehead atoms. The first-order chi connectivity index (χ1) is 12.3. The number of sulfonamides is 1. The molecule has 0 unspecified atom stereocenters. The van der Waals surface area contributed by atoms with E-state index in [9.17, 15) is 13.2 Å². The molecule has 0 aliphatic heterocycles. The minimum Gasteiger partial charge on any atom is -0.497 e. The minimum atomic E-state index is -3.75. The van der Waals surface area contributed by atoms with Gasteiger partial charge in [0.25, 0.3) is 10.0 Å². The van der Waals surface area contributed by atoms with Crippen LogP contribution in [-0.4, -0.2) is 46.4 Å². The van der Waals surface area contributed by atoms with Crippen LogP contribution in [-0.2, 0) is 21.4 Å². The second-order valence-corrected chi connectivity index (χ2v) is 9.30. The summed E-state index contributed by atoms with van der Waals surface area (Å²) in [6.45, 7) is -0.0932. The highest BCUT2D eigenvalue weighted by molar-refractivity contribution is 7.91. The van der Waals surface area contributed by atoms with Crippen LogP contribution in [0.5, 0.6) is 11.5 Å². The topological polar surface area (TPSA) is 84.9 Å². The van der Waals surface area contributed by atoms with Crippen molar-refractivity contribution in [2.45, 2.75) is 10.8 Å². The van der Waals surface area contributed by atoms with Crippen LogP contribution in [0.3, 0.4) is 0 Å². The maximum absolute atomic E-state index is 12.4. The van der Waals surface area contributed by atoms with Gasteiger partial charge in [0, 0.05) is 19.7 Å². The van der Waals surface area contributed by atoms with E-state index in [2.05, 4.69) is 5.32 Å². The minimum absolute atomic E-state index is 0.0929. The summed E-state index contributed by atoms with van der Waals surface area (Å²) >= 11 is 6.72. The van der Waals surface area contributed by atoms with Crippen molar-refractivity contribution in [3.05, 3.63) is 40.2 Å². The summed E-state index contributed by atoms with van der Waals surface area (Å²) in [5.41, 5.74) is 0.769. The zero-order valence-electron chi connectivity index (χ0n) is 14.5. The summed E-state index contributed by atoms with van der Waals surface area (Å²) in [6.07, 6.45) is 0. The Hall–Kier alpha value is -1.81. The molecule has 1 heterocycles. The van der Waals surface area contributed by atoms with E-state index >= 15 is 0 Å². The van der Waals surface area contributed by atoms with Crippen molar-refractivity contribution < 1.29 is 22.7 Å². The fourth-order valence-corrected chi connectivity index (χ4v) is 4.92. The molecule has 2 rings (SSSR count). The lowest BCUT2D eigenvalue weighted by atomic mass is 10.2. The third-order valence-corrected chi connectivity index (χ3v) is 6.98. The molecule has 10 heteroatoms. The molecule has 142 valence electrons. The summed E-state index contributed by atoms with van der Waals surface area (Å²) < 4.78 is 36.6. The monoisotopic (exact) mass is 418 g/mol. The average Bonchev–Trinajstić information content (AvgIpc) is 3.06. The third-order valence-electron chi connectivity index (χ3n) is 3.48. The van der Waals surface area contributed by atoms with E-state index in [0.717, 1.165) is 21.2 Å². The van der Waals surface area contributed by atoms with Crippen LogP contribution in [0.1, 0.15) is 5.56 Å². The van der Waals surface area contributed by atoms with Crippen molar-refractivity contribution >= 4 is 38.9 Å². The molecule has 0 saturated carbocycles. The Morgan fingerprint density at radius 2 is 1.81 bits per heavy atom. The van der Waals surface area contributed by atoms with Gasteiger partial charge in [-0.1, -0.05) is 11.6 Å². The Morgan fingerprint density at radius 1 is 1.19 bits per heavy atom. The summed E-state index contributed by atoms with van der Waals surface area (Å²) in [5, 5.41) is 2.68. The van der Waals surface area contributed by atoms with Gasteiger partial charge in [0.2, 0.25) is 5.91 Å². The van der Waals surface area contributed by atoms with Crippen LogP contribution in [0.2, 0.25) is 4.34 Å². The number of nitrogens with zero attached hydrogens (tertiary/aromatic N) is 1. The van der Waals surface area contributed by atoms with Crippen LogP contribution in [0.25, 0.3) is 0 Å². The Labute approximate surface area is 161 Å². The predicted octanol–water partition coefficient (Wildman–Crippen LogP) is 2.36. The van der Waals surface area contributed by atoms with Gasteiger partial charge in [-0.3, -0.25) is 4.79 Å². The number of ether oxygens (including phenoxy) is 2. The Balaban J connectivity index is 1.98. The van der Waals surface area contributed by atoms with Crippen molar-refractivity contribution in [2.75, 3.05) is 27.8 Å². The highest BCUT2D eigenvalue weighted by Gasteiger charge is 2.24. The molecule has 2 aromatic rings. The van der Waals surface area contributed by atoms with E-state index in [-0.39, 0.29) is 17.3 Å². The van der Waals surface area contributed by atoms with Crippen molar-refractivity contribution in [2.24, 2.45) is 0 Å². The maximum atomic E-state index is 12.4. The second-order valence-electron chi connectivity index (χ2n) is 5.32. The number of hydrogen-bond donors (Lipinski definition) is 1. The van der Waals surface area contributed by atoms with Gasteiger partial charge >= 0.3 is 0 Å². The first kappa shape index (κ1) is 20.5. The quantitative estimate of drug-likeness (QED) is 0.711. The molecule has 0 saturated heterocycles. The number of carbonyl (C=O) groups excluding carboxylic acids is 1. The molecular formula is C16H19ClN2O5S2. The lowest BCUT2D eigenvalue weighted by Crippen LogP contribution is -2.37. The van der Waals surface area contributed by atoms with E-state index in [1.807, 2.05) is 0 Å². The van der Waals surface area contributed by atoms with E-state index in [1.165, 1.54) is 33.4 Å². The number of hydrogen-bond acceptors (Lipinski definition) is 6. The van der Waals surface area contributed by atoms with E-state index in [4.69, 9.17) is 21.1 Å². The molecule has 1 N–H and O–H groups in total. The van der Waals surface area contributed by atoms with Gasteiger partial charge in [-0.2, -0.15) is 4.31 Å². The average molecular weight is 419 g/mol. The molecule has 1 aromatic heterocycles. The van der Waals surface area contributed by atoms with Crippen molar-refractivity contribution in [3.63, 3.8) is 0 Å². The molecule has 0 fully saturated rings. The second kappa shape index (κ2) is 8.72. The van der Waals surface area contributed by atoms with Gasteiger partial charge < -0.3 is 14.8 Å². The van der Waals surface area contributed by atoms with Crippen molar-refractivity contribution in [1.82, 2.24) is 9.62 Å². The lowest BCUT2D eigenvalue weighted by Gasteiger charge is -2.16. The number of thiophene rings is 1. The Morgan fingerprint density at radius 3 is 2.31 bits per heavy atom. The van der Waals surface area contributed by atoms with Crippen LogP contribution in [0, 0.1) is 0 Å². The fourth-order valence-electron chi connectivity index (χ4n) is 2.10. The zero-order valence-corrected chi connectivity index (χ0v) is 16.9. The standard InChI is InChI=1S/C16H19ClN2O5S2/c1-19(26(21,22)16-5-4-14(17)25-16)10-15(20)18-9-11-6-12(23-2)8-13(7-11)24-3/h4-8H,9-10H2,1-3H3,(H,18,20). The molecule has 1 aromatic carbocycles. The highest BCUT2D eigenvalue weighted by Crippen LogP contribution is 2.27. The molecular weight excluding hydrogens is 400 g/mol. The van der Waals surface area contributed by atoms with Crippen LogP contribution < -0.4 is 14.8 Å². The number of halogens is 1. The van der Waals surface area contributed by atoms with Crippen LogP contribution in [0.15, 0.2) is 34.5 Å². The number of carbonyl (C=O) groups is 1. The summed E-state index contributed by atoms with van der Waals surface area (Å²) in [5.74, 6) is 0.770. The van der Waals surface area contributed by atoms with E-state index < -0.39 is 15.9 Å². The number of nitrogens with one attached hydrogen (secondary N) is 1. The SMILES string of the molecule is COc1cc(CNC(=O)CN(C)S(=O)(=O)c2ccc(Cl)s2)cc(OC)c1. The third kappa shape index (κ3) is 5.10. The van der Waals surface area contributed by atoms with Crippen LogP contribution in [0.4, 0.5) is 0 Å². The highest BCUT2D eigenvalue weighted by atomic mass is 35.5. The van der Waals surface area contributed by atoms with E-state index in [0.29, 0.717) is 15.8 Å². The maximum Gasteiger partial charge on any atom is 0.252 e. The zero-order chi connectivity index (χ0) is 19.3. The summed E-state index contributed by atoms with van der Waals surface area (Å²) in [7, 11) is 0.664. The normalized spacial score (nSPS) is 11.4. The molecule has 7 nitrogen and oxygen atoms in total. The Kier molecular flexibility index (Phi) is 6.87.